The number of nitriles is 1. The molecule has 2 aliphatic heterocycles. The lowest BCUT2D eigenvalue weighted by molar-refractivity contribution is 0.0936. The number of ether oxygens (including phenoxy) is 2. The van der Waals surface area contributed by atoms with Crippen LogP contribution in [-0.4, -0.2) is 81.8 Å². The van der Waals surface area contributed by atoms with Gasteiger partial charge in [0.25, 0.3) is 17.7 Å². The summed E-state index contributed by atoms with van der Waals surface area (Å²) >= 11 is 0. The minimum atomic E-state index is -0.953. The largest absolute Gasteiger partial charge is 0.388 e. The molecule has 5 heterocycles. The van der Waals surface area contributed by atoms with E-state index in [1.807, 2.05) is 18.3 Å². The fourth-order valence-corrected chi connectivity index (χ4v) is 4.76. The van der Waals surface area contributed by atoms with Gasteiger partial charge in [0.2, 0.25) is 0 Å². The average molecular weight is 627 g/mol. The molecule has 5 rings (SSSR count). The van der Waals surface area contributed by atoms with Crippen LogP contribution in [0.1, 0.15) is 37.9 Å². The number of carbonyl (C=O) groups excluding carboxylic acids is 3. The lowest BCUT2D eigenvalue weighted by Crippen LogP contribution is -2.37. The molecule has 2 saturated heterocycles. The van der Waals surface area contributed by atoms with Crippen molar-refractivity contribution in [1.29, 1.82) is 10.7 Å². The second kappa shape index (κ2) is 13.2. The summed E-state index contributed by atoms with van der Waals surface area (Å²) in [6.07, 6.45) is 5.39. The third kappa shape index (κ3) is 7.78. The number of aryl methyl sites for hydroxylation is 3. The normalized spacial score (nSPS) is 17.0. The summed E-state index contributed by atoms with van der Waals surface area (Å²) < 4.78 is 15.7. The number of halogens is 1. The molecule has 0 aliphatic carbocycles. The van der Waals surface area contributed by atoms with E-state index < -0.39 is 17.9 Å². The van der Waals surface area contributed by atoms with Crippen LogP contribution in [0.3, 0.4) is 0 Å². The Balaban J connectivity index is 0.00000442. The summed E-state index contributed by atoms with van der Waals surface area (Å²) in [5.74, 6) is -1.54. The summed E-state index contributed by atoms with van der Waals surface area (Å²) in [6.45, 7) is 2.93. The van der Waals surface area contributed by atoms with Gasteiger partial charge in [0, 0.05) is 59.2 Å². The molecule has 234 valence electrons. The summed E-state index contributed by atoms with van der Waals surface area (Å²) in [5.41, 5.74) is 7.99. The number of rotatable bonds is 13. The van der Waals surface area contributed by atoms with Gasteiger partial charge in [0.1, 0.15) is 23.1 Å². The summed E-state index contributed by atoms with van der Waals surface area (Å²) in [5, 5.41) is 24.7. The maximum absolute atomic E-state index is 13.2. The Morgan fingerprint density at radius 1 is 0.932 bits per heavy atom. The van der Waals surface area contributed by atoms with Crippen molar-refractivity contribution in [1.82, 2.24) is 19.0 Å². The molecule has 3 unspecified atom stereocenters. The third-order valence-electron chi connectivity index (χ3n) is 7.12. The lowest BCUT2D eigenvalue weighted by atomic mass is 10.2. The fourth-order valence-electron chi connectivity index (χ4n) is 4.76. The second-order valence-electron chi connectivity index (χ2n) is 10.8. The molecule has 16 heteroatoms. The van der Waals surface area contributed by atoms with Crippen molar-refractivity contribution in [2.45, 2.75) is 24.7 Å². The average Bonchev–Trinajstić information content (AvgIpc) is 3.84. The van der Waals surface area contributed by atoms with Gasteiger partial charge >= 0.3 is 0 Å². The van der Waals surface area contributed by atoms with Gasteiger partial charge in [0.15, 0.2) is 0 Å². The number of nitrogens with two attached hydrogens (primary N) is 1. The molecule has 0 aromatic carbocycles. The molecule has 0 saturated carbocycles. The van der Waals surface area contributed by atoms with E-state index >= 15 is 0 Å². The quantitative estimate of drug-likeness (QED) is 0.106. The number of anilines is 3. The van der Waals surface area contributed by atoms with E-state index in [0.29, 0.717) is 17.1 Å². The van der Waals surface area contributed by atoms with E-state index in [1.54, 1.807) is 48.7 Å². The van der Waals surface area contributed by atoms with Crippen LogP contribution in [0.15, 0.2) is 36.8 Å². The molecular formula is C28H35ClN10O5. The molecule has 3 aromatic rings. The van der Waals surface area contributed by atoms with Gasteiger partial charge in [-0.15, -0.1) is 12.4 Å². The number of hydrogen-bond donors (Lipinski definition) is 5. The molecule has 2 aliphatic rings. The van der Waals surface area contributed by atoms with Crippen LogP contribution in [0.2, 0.25) is 0 Å². The zero-order valence-corrected chi connectivity index (χ0v) is 25.3. The van der Waals surface area contributed by atoms with Gasteiger partial charge < -0.3 is 49.8 Å². The first-order valence-electron chi connectivity index (χ1n) is 13.6. The number of amidine groups is 1. The molecule has 3 amide bonds. The van der Waals surface area contributed by atoms with E-state index in [9.17, 15) is 19.6 Å². The molecule has 6 N–H and O–H groups in total. The van der Waals surface area contributed by atoms with Crippen LogP contribution in [0.25, 0.3) is 0 Å². The highest BCUT2D eigenvalue weighted by molar-refractivity contribution is 6.07. The van der Waals surface area contributed by atoms with Crippen molar-refractivity contribution in [3.63, 3.8) is 0 Å². The number of nitrogens with zero attached hydrogens (tertiary/aromatic N) is 5. The van der Waals surface area contributed by atoms with Crippen molar-refractivity contribution >= 4 is 53.0 Å². The monoisotopic (exact) mass is 626 g/mol. The number of nitrogens with one attached hydrogen (secondary N) is 4. The Kier molecular flexibility index (Phi) is 9.68. The standard InChI is InChI=1S/C28H34N10O5.ClH/c1-35-9-17(4-22(35)26(39)32-16(8-29)6-25(30)31)33-27(40)23-5-18(10-36(23)2)34-28(41)24-7-19(11-37(24)3)38(12-20-14-42-20)13-21-15-43-21;/h4-5,7,9-11,16,20-21H,6,12-15H2,1-3H3,(H3,30,31)(H,32,39)(H,33,40)(H,34,41);1H. The van der Waals surface area contributed by atoms with Gasteiger partial charge in [-0.05, 0) is 18.2 Å². The van der Waals surface area contributed by atoms with Crippen molar-refractivity contribution in [3.8, 4) is 6.07 Å². The molecular weight excluding hydrogens is 592 g/mol. The van der Waals surface area contributed by atoms with Gasteiger partial charge in [-0.1, -0.05) is 0 Å². The zero-order valence-electron chi connectivity index (χ0n) is 24.5. The Hall–Kier alpha value is -4.78. The van der Waals surface area contributed by atoms with Crippen molar-refractivity contribution in [2.24, 2.45) is 26.9 Å². The van der Waals surface area contributed by atoms with Gasteiger partial charge in [-0.2, -0.15) is 5.26 Å². The van der Waals surface area contributed by atoms with Crippen LogP contribution in [0.5, 0.6) is 0 Å². The van der Waals surface area contributed by atoms with Crippen LogP contribution in [0.4, 0.5) is 17.1 Å². The van der Waals surface area contributed by atoms with E-state index in [1.165, 1.54) is 10.6 Å². The van der Waals surface area contributed by atoms with E-state index in [4.69, 9.17) is 20.6 Å². The number of epoxide rings is 2. The Bertz CT molecular complexity index is 1600. The Morgan fingerprint density at radius 3 is 1.84 bits per heavy atom. The Labute approximate surface area is 259 Å². The number of carbonyl (C=O) groups is 3. The number of hydrogen-bond acceptors (Lipinski definition) is 8. The SMILES string of the molecule is Cl.Cn1cc(NC(=O)c2cc(N(CC3CO3)CC3CO3)cn2C)cc1C(=O)Nc1cc(C(=O)NC(C#N)CC(=N)N)n(C)c1. The highest BCUT2D eigenvalue weighted by Gasteiger charge is 2.32. The predicted molar refractivity (Wildman–Crippen MR) is 164 cm³/mol. The first kappa shape index (κ1) is 32.1. The molecule has 0 bridgehead atoms. The predicted octanol–water partition coefficient (Wildman–Crippen LogP) is 1.18. The van der Waals surface area contributed by atoms with Crippen LogP contribution >= 0.6 is 12.4 Å². The molecule has 44 heavy (non-hydrogen) atoms. The lowest BCUT2D eigenvalue weighted by Gasteiger charge is -2.21. The molecule has 0 spiro atoms. The number of aromatic nitrogens is 3. The summed E-state index contributed by atoms with van der Waals surface area (Å²) in [4.78, 5) is 41.1. The van der Waals surface area contributed by atoms with Crippen LogP contribution < -0.4 is 26.6 Å². The molecule has 3 aromatic heterocycles. The van der Waals surface area contributed by atoms with Crippen molar-refractivity contribution in [3.05, 3.63) is 53.9 Å². The van der Waals surface area contributed by atoms with Gasteiger partial charge in [0.05, 0.1) is 54.4 Å². The zero-order chi connectivity index (χ0) is 30.8. The summed E-state index contributed by atoms with van der Waals surface area (Å²) in [7, 11) is 5.12. The minimum absolute atomic E-state index is 0. The molecule has 15 nitrogen and oxygen atoms in total. The summed E-state index contributed by atoms with van der Waals surface area (Å²) in [6, 6.07) is 5.81. The third-order valence-corrected chi connectivity index (χ3v) is 7.12. The van der Waals surface area contributed by atoms with Crippen molar-refractivity contribution in [2.75, 3.05) is 41.8 Å². The van der Waals surface area contributed by atoms with Gasteiger partial charge in [-0.3, -0.25) is 19.8 Å². The topological polar surface area (TPSA) is 204 Å². The highest BCUT2D eigenvalue weighted by atomic mass is 35.5. The maximum Gasteiger partial charge on any atom is 0.272 e. The second-order valence-corrected chi connectivity index (χ2v) is 10.8. The fraction of sp³-hybridized carbons (Fsp3) is 0.393. The van der Waals surface area contributed by atoms with Crippen LogP contribution in [-0.2, 0) is 30.6 Å². The molecule has 2 fully saturated rings. The van der Waals surface area contributed by atoms with Gasteiger partial charge in [-0.25, -0.2) is 0 Å². The first-order chi connectivity index (χ1) is 20.5. The Morgan fingerprint density at radius 2 is 1.39 bits per heavy atom. The van der Waals surface area contributed by atoms with E-state index in [0.717, 1.165) is 32.0 Å². The van der Waals surface area contributed by atoms with E-state index in [-0.39, 0.29) is 54.2 Å². The molecule has 0 radical (unpaired) electrons. The first-order valence-corrected chi connectivity index (χ1v) is 13.6. The molecule has 3 atom stereocenters. The highest BCUT2D eigenvalue weighted by Crippen LogP contribution is 2.25. The number of amides is 3. The van der Waals surface area contributed by atoms with E-state index in [2.05, 4.69) is 20.9 Å². The minimum Gasteiger partial charge on any atom is -0.388 e. The van der Waals surface area contributed by atoms with Crippen molar-refractivity contribution < 1.29 is 23.9 Å². The maximum atomic E-state index is 13.2. The van der Waals surface area contributed by atoms with Crippen LogP contribution in [0, 0.1) is 16.7 Å². The smallest absolute Gasteiger partial charge is 0.272 e.